The van der Waals surface area contributed by atoms with Gasteiger partial charge < -0.3 is 14.7 Å². The van der Waals surface area contributed by atoms with Gasteiger partial charge in [0.05, 0.1) is 17.6 Å². The monoisotopic (exact) mass is 380 g/mol. The fraction of sp³-hybridized carbons (Fsp3) is 0.381. The second-order valence-electron chi connectivity index (χ2n) is 7.05. The molecule has 7 nitrogen and oxygen atoms in total. The van der Waals surface area contributed by atoms with Gasteiger partial charge in [0.25, 0.3) is 0 Å². The van der Waals surface area contributed by atoms with Gasteiger partial charge in [-0.2, -0.15) is 5.10 Å². The number of rotatable bonds is 6. The number of nitrogens with zero attached hydrogens (tertiary/aromatic N) is 5. The van der Waals surface area contributed by atoms with E-state index >= 15 is 0 Å². The fourth-order valence-electron chi connectivity index (χ4n) is 3.44. The third kappa shape index (κ3) is 4.42. The average Bonchev–Trinajstić information content (AvgIpc) is 3.29. The highest BCUT2D eigenvalue weighted by atomic mass is 16.5. The van der Waals surface area contributed by atoms with Crippen molar-refractivity contribution in [3.8, 4) is 5.69 Å². The maximum Gasteiger partial charge on any atom is 0.193 e. The zero-order chi connectivity index (χ0) is 20.1. The predicted octanol–water partition coefficient (Wildman–Crippen LogP) is 3.29. The van der Waals surface area contributed by atoms with E-state index in [4.69, 9.17) is 4.52 Å². The molecule has 1 unspecified atom stereocenters. The zero-order valence-electron chi connectivity index (χ0n) is 17.2. The van der Waals surface area contributed by atoms with Crippen LogP contribution in [0.15, 0.2) is 52.2 Å². The molecule has 1 aromatic carbocycles. The van der Waals surface area contributed by atoms with Crippen LogP contribution in [0.2, 0.25) is 0 Å². The number of hydrogen-bond donors (Lipinski definition) is 1. The number of para-hydroxylation sites is 1. The van der Waals surface area contributed by atoms with E-state index in [0.717, 1.165) is 40.8 Å². The number of guanidine groups is 1. The number of hydrogen-bond acceptors (Lipinski definition) is 4. The Bertz CT molecular complexity index is 908. The lowest BCUT2D eigenvalue weighted by Crippen LogP contribution is -2.40. The Morgan fingerprint density at radius 2 is 2.04 bits per heavy atom. The van der Waals surface area contributed by atoms with Crippen molar-refractivity contribution >= 4 is 5.96 Å². The van der Waals surface area contributed by atoms with Crippen LogP contribution in [0.5, 0.6) is 0 Å². The summed E-state index contributed by atoms with van der Waals surface area (Å²) >= 11 is 0. The molecule has 0 saturated carbocycles. The van der Waals surface area contributed by atoms with E-state index in [2.05, 4.69) is 32.4 Å². The second kappa shape index (κ2) is 8.73. The van der Waals surface area contributed by atoms with Gasteiger partial charge in [-0.15, -0.1) is 0 Å². The Kier molecular flexibility index (Phi) is 6.13. The lowest BCUT2D eigenvalue weighted by molar-refractivity contribution is 0.391. The third-order valence-corrected chi connectivity index (χ3v) is 4.80. The summed E-state index contributed by atoms with van der Waals surface area (Å²) in [4.78, 5) is 6.50. The third-order valence-electron chi connectivity index (χ3n) is 4.80. The SMILES string of the molecule is CN=C(NCC(C)c1c(C)noc1C)N(C)Cc1cnn(-c2ccccc2)c1. The van der Waals surface area contributed by atoms with Crippen LogP contribution in [-0.2, 0) is 6.54 Å². The first-order valence-corrected chi connectivity index (χ1v) is 9.43. The largest absolute Gasteiger partial charge is 0.361 e. The standard InChI is InChI=1S/C21H28N6O/c1-15(20-16(2)25-28-17(20)3)11-23-21(22-4)26(5)13-18-12-24-27(14-18)19-9-7-6-8-10-19/h6-10,12,14-15H,11,13H2,1-5H3,(H,22,23). The normalized spacial score (nSPS) is 12.8. The summed E-state index contributed by atoms with van der Waals surface area (Å²) in [5.41, 5.74) is 4.28. The molecule has 0 amide bonds. The van der Waals surface area contributed by atoms with Crippen molar-refractivity contribution in [3.63, 3.8) is 0 Å². The fourth-order valence-corrected chi connectivity index (χ4v) is 3.44. The van der Waals surface area contributed by atoms with Gasteiger partial charge in [0.15, 0.2) is 5.96 Å². The van der Waals surface area contributed by atoms with Crippen LogP contribution < -0.4 is 5.32 Å². The molecule has 0 fully saturated rings. The highest BCUT2D eigenvalue weighted by Gasteiger charge is 2.17. The van der Waals surface area contributed by atoms with Crippen LogP contribution in [0.25, 0.3) is 5.69 Å². The first-order valence-electron chi connectivity index (χ1n) is 9.43. The molecule has 28 heavy (non-hydrogen) atoms. The highest BCUT2D eigenvalue weighted by molar-refractivity contribution is 5.79. The number of aryl methyl sites for hydroxylation is 2. The summed E-state index contributed by atoms with van der Waals surface area (Å²) < 4.78 is 7.17. The van der Waals surface area contributed by atoms with Crippen molar-refractivity contribution in [1.82, 2.24) is 25.2 Å². The van der Waals surface area contributed by atoms with Crippen molar-refractivity contribution in [1.29, 1.82) is 0 Å². The predicted molar refractivity (Wildman–Crippen MR) is 111 cm³/mol. The van der Waals surface area contributed by atoms with Crippen molar-refractivity contribution in [2.45, 2.75) is 33.2 Å². The summed E-state index contributed by atoms with van der Waals surface area (Å²) in [5, 5.41) is 12.0. The van der Waals surface area contributed by atoms with Gasteiger partial charge in [-0.05, 0) is 26.0 Å². The smallest absolute Gasteiger partial charge is 0.193 e. The van der Waals surface area contributed by atoms with Crippen LogP contribution in [0, 0.1) is 13.8 Å². The quantitative estimate of drug-likeness (QED) is 0.525. The van der Waals surface area contributed by atoms with E-state index in [0.29, 0.717) is 6.54 Å². The summed E-state index contributed by atoms with van der Waals surface area (Å²) in [5.74, 6) is 1.99. The van der Waals surface area contributed by atoms with E-state index in [-0.39, 0.29) is 5.92 Å². The minimum absolute atomic E-state index is 0.275. The molecule has 0 aliphatic rings. The summed E-state index contributed by atoms with van der Waals surface area (Å²) in [6, 6.07) is 10.1. The Morgan fingerprint density at radius 1 is 1.29 bits per heavy atom. The van der Waals surface area contributed by atoms with Crippen molar-refractivity contribution in [3.05, 3.63) is 65.3 Å². The molecule has 0 aliphatic heterocycles. The first-order chi connectivity index (χ1) is 13.5. The highest BCUT2D eigenvalue weighted by Crippen LogP contribution is 2.22. The number of nitrogens with one attached hydrogen (secondary N) is 1. The minimum Gasteiger partial charge on any atom is -0.361 e. The zero-order valence-corrected chi connectivity index (χ0v) is 17.2. The van der Waals surface area contributed by atoms with Crippen LogP contribution >= 0.6 is 0 Å². The molecule has 0 spiro atoms. The summed E-state index contributed by atoms with van der Waals surface area (Å²) in [6.07, 6.45) is 3.94. The molecule has 7 heteroatoms. The summed E-state index contributed by atoms with van der Waals surface area (Å²) in [7, 11) is 3.82. The van der Waals surface area contributed by atoms with E-state index in [1.807, 2.05) is 68.3 Å². The molecule has 0 saturated heterocycles. The Balaban J connectivity index is 1.60. The lowest BCUT2D eigenvalue weighted by Gasteiger charge is -2.23. The van der Waals surface area contributed by atoms with Crippen LogP contribution in [0.4, 0.5) is 0 Å². The number of aromatic nitrogens is 3. The number of benzene rings is 1. The number of aliphatic imine (C=N–C) groups is 1. The maximum atomic E-state index is 5.29. The molecule has 3 rings (SSSR count). The average molecular weight is 380 g/mol. The van der Waals surface area contributed by atoms with Crippen LogP contribution in [-0.4, -0.2) is 46.4 Å². The van der Waals surface area contributed by atoms with Gasteiger partial charge in [-0.1, -0.05) is 30.3 Å². The Labute approximate surface area is 166 Å². The molecular weight excluding hydrogens is 352 g/mol. The summed E-state index contributed by atoms with van der Waals surface area (Å²) in [6.45, 7) is 7.57. The van der Waals surface area contributed by atoms with E-state index < -0.39 is 0 Å². The molecular formula is C21H28N6O. The molecule has 0 bridgehead atoms. The van der Waals surface area contributed by atoms with Crippen LogP contribution in [0.3, 0.4) is 0 Å². The second-order valence-corrected chi connectivity index (χ2v) is 7.05. The van der Waals surface area contributed by atoms with Gasteiger partial charge >= 0.3 is 0 Å². The van der Waals surface area contributed by atoms with E-state index in [1.165, 1.54) is 0 Å². The Morgan fingerprint density at radius 3 is 2.68 bits per heavy atom. The van der Waals surface area contributed by atoms with Crippen molar-refractivity contribution < 1.29 is 4.52 Å². The van der Waals surface area contributed by atoms with Gasteiger partial charge in [-0.3, -0.25) is 4.99 Å². The molecule has 3 aromatic rings. The van der Waals surface area contributed by atoms with Crippen molar-refractivity contribution in [2.75, 3.05) is 20.6 Å². The first kappa shape index (κ1) is 19.7. The van der Waals surface area contributed by atoms with Crippen LogP contribution in [0.1, 0.15) is 35.4 Å². The minimum atomic E-state index is 0.275. The Hall–Kier alpha value is -3.09. The van der Waals surface area contributed by atoms with Gasteiger partial charge in [0.2, 0.25) is 0 Å². The lowest BCUT2D eigenvalue weighted by atomic mass is 10.00. The van der Waals surface area contributed by atoms with Gasteiger partial charge in [-0.25, -0.2) is 4.68 Å². The van der Waals surface area contributed by atoms with E-state index in [1.54, 1.807) is 7.05 Å². The molecule has 0 aliphatic carbocycles. The molecule has 1 N–H and O–H groups in total. The maximum absolute atomic E-state index is 5.29. The molecule has 2 heterocycles. The molecule has 0 radical (unpaired) electrons. The van der Waals surface area contributed by atoms with Gasteiger partial charge in [0, 0.05) is 50.4 Å². The molecule has 1 atom stereocenters. The molecule has 2 aromatic heterocycles. The van der Waals surface area contributed by atoms with Crippen molar-refractivity contribution in [2.24, 2.45) is 4.99 Å². The van der Waals surface area contributed by atoms with E-state index in [9.17, 15) is 0 Å². The van der Waals surface area contributed by atoms with Gasteiger partial charge in [0.1, 0.15) is 5.76 Å². The topological polar surface area (TPSA) is 71.5 Å². The molecule has 148 valence electrons.